The highest BCUT2D eigenvalue weighted by molar-refractivity contribution is 7.18. The summed E-state index contributed by atoms with van der Waals surface area (Å²) in [5.74, 6) is -0.294. The Bertz CT molecular complexity index is 841. The summed E-state index contributed by atoms with van der Waals surface area (Å²) in [4.78, 5) is 27.7. The minimum Gasteiger partial charge on any atom is -0.321 e. The number of rotatable bonds is 2. The van der Waals surface area contributed by atoms with Gasteiger partial charge in [-0.1, -0.05) is 22.9 Å². The first-order valence-electron chi connectivity index (χ1n) is 5.54. The van der Waals surface area contributed by atoms with Crippen molar-refractivity contribution in [2.45, 2.75) is 0 Å². The number of hydrogen-bond donors (Lipinski definition) is 1. The Morgan fingerprint density at radius 1 is 1.30 bits per heavy atom. The quantitative estimate of drug-likeness (QED) is 0.786. The van der Waals surface area contributed by atoms with Crippen molar-refractivity contribution in [3.63, 3.8) is 0 Å². The van der Waals surface area contributed by atoms with E-state index in [1.165, 1.54) is 10.7 Å². The summed E-state index contributed by atoms with van der Waals surface area (Å²) in [6.45, 7) is 0. The number of halogens is 1. The molecular formula is C12H7ClN4O2S. The number of carbonyl (C=O) groups is 1. The fourth-order valence-electron chi connectivity index (χ4n) is 1.56. The van der Waals surface area contributed by atoms with E-state index in [-0.39, 0.29) is 5.91 Å². The standard InChI is InChI=1S/C12H7ClN4O2S/c13-7-1-3-8(4-2-7)15-11(19)9-6-17-12(20-9)16-10(18)5-14-17/h1-6H,(H,15,19). The van der Waals surface area contributed by atoms with Crippen LogP contribution < -0.4 is 10.9 Å². The number of nitrogens with one attached hydrogen (secondary N) is 1. The van der Waals surface area contributed by atoms with Crippen LogP contribution in [0.4, 0.5) is 5.69 Å². The zero-order valence-corrected chi connectivity index (χ0v) is 11.5. The zero-order valence-electron chi connectivity index (χ0n) is 9.91. The molecule has 0 radical (unpaired) electrons. The molecule has 6 nitrogen and oxygen atoms in total. The molecule has 3 aromatic rings. The molecule has 0 fully saturated rings. The summed E-state index contributed by atoms with van der Waals surface area (Å²) in [7, 11) is 0. The van der Waals surface area contributed by atoms with E-state index in [0.29, 0.717) is 20.5 Å². The van der Waals surface area contributed by atoms with E-state index < -0.39 is 5.56 Å². The molecule has 0 spiro atoms. The van der Waals surface area contributed by atoms with Gasteiger partial charge in [-0.15, -0.1) is 0 Å². The molecule has 2 heterocycles. The Hall–Kier alpha value is -2.25. The van der Waals surface area contributed by atoms with Crippen LogP contribution >= 0.6 is 22.9 Å². The highest BCUT2D eigenvalue weighted by atomic mass is 35.5. The van der Waals surface area contributed by atoms with Crippen molar-refractivity contribution in [3.8, 4) is 0 Å². The van der Waals surface area contributed by atoms with Crippen LogP contribution in [-0.2, 0) is 0 Å². The van der Waals surface area contributed by atoms with Gasteiger partial charge in [0.2, 0.25) is 4.96 Å². The van der Waals surface area contributed by atoms with Gasteiger partial charge in [0.1, 0.15) is 11.1 Å². The first-order chi connectivity index (χ1) is 9.61. The molecule has 0 saturated carbocycles. The summed E-state index contributed by atoms with van der Waals surface area (Å²) >= 11 is 6.87. The SMILES string of the molecule is O=C(Nc1ccc(Cl)cc1)c1cn2ncc(=O)nc2s1. The van der Waals surface area contributed by atoms with Crippen LogP contribution in [0.1, 0.15) is 9.67 Å². The monoisotopic (exact) mass is 306 g/mol. The summed E-state index contributed by atoms with van der Waals surface area (Å²) in [6, 6.07) is 6.77. The average molecular weight is 307 g/mol. The number of carbonyl (C=O) groups excluding carboxylic acids is 1. The molecular weight excluding hydrogens is 300 g/mol. The number of benzene rings is 1. The Morgan fingerprint density at radius 3 is 2.80 bits per heavy atom. The molecule has 0 bridgehead atoms. The summed E-state index contributed by atoms with van der Waals surface area (Å²) in [5.41, 5.74) is 0.198. The van der Waals surface area contributed by atoms with E-state index >= 15 is 0 Å². The molecule has 1 amide bonds. The van der Waals surface area contributed by atoms with E-state index in [0.717, 1.165) is 17.5 Å². The van der Waals surface area contributed by atoms with Gasteiger partial charge in [0.15, 0.2) is 0 Å². The second-order valence-electron chi connectivity index (χ2n) is 3.88. The maximum absolute atomic E-state index is 12.1. The Labute approximate surface area is 121 Å². The number of aromatic nitrogens is 3. The van der Waals surface area contributed by atoms with Crippen LogP contribution in [0, 0.1) is 0 Å². The zero-order chi connectivity index (χ0) is 14.1. The van der Waals surface area contributed by atoms with Crippen LogP contribution in [-0.4, -0.2) is 20.5 Å². The van der Waals surface area contributed by atoms with Crippen LogP contribution in [0.5, 0.6) is 0 Å². The molecule has 0 aliphatic carbocycles. The molecule has 2 aromatic heterocycles. The number of amides is 1. The smallest absolute Gasteiger partial charge is 0.292 e. The number of fused-ring (bicyclic) bond motifs is 1. The van der Waals surface area contributed by atoms with E-state index in [4.69, 9.17) is 11.6 Å². The normalized spacial score (nSPS) is 10.7. The van der Waals surface area contributed by atoms with E-state index in [9.17, 15) is 9.59 Å². The van der Waals surface area contributed by atoms with Gasteiger partial charge in [-0.2, -0.15) is 10.1 Å². The van der Waals surface area contributed by atoms with Crippen molar-refractivity contribution in [1.29, 1.82) is 0 Å². The molecule has 1 N–H and O–H groups in total. The van der Waals surface area contributed by atoms with Gasteiger partial charge in [0, 0.05) is 10.7 Å². The van der Waals surface area contributed by atoms with Crippen LogP contribution in [0.15, 0.2) is 41.5 Å². The van der Waals surface area contributed by atoms with Crippen molar-refractivity contribution in [3.05, 3.63) is 56.9 Å². The second kappa shape index (κ2) is 5.03. The molecule has 0 aliphatic heterocycles. The molecule has 20 heavy (non-hydrogen) atoms. The lowest BCUT2D eigenvalue weighted by molar-refractivity contribution is 0.103. The number of nitrogens with zero attached hydrogens (tertiary/aromatic N) is 3. The molecule has 0 atom stereocenters. The number of hydrogen-bond acceptors (Lipinski definition) is 5. The van der Waals surface area contributed by atoms with Gasteiger partial charge < -0.3 is 5.32 Å². The fourth-order valence-corrected chi connectivity index (χ4v) is 2.51. The van der Waals surface area contributed by atoms with Gasteiger partial charge in [0.05, 0.1) is 6.20 Å². The Balaban J connectivity index is 1.88. The molecule has 0 aliphatic rings. The lowest BCUT2D eigenvalue weighted by atomic mass is 10.3. The van der Waals surface area contributed by atoms with E-state index in [1.54, 1.807) is 24.3 Å². The lowest BCUT2D eigenvalue weighted by Gasteiger charge is -2.02. The van der Waals surface area contributed by atoms with Crippen molar-refractivity contribution >= 4 is 39.5 Å². The van der Waals surface area contributed by atoms with Gasteiger partial charge in [0.25, 0.3) is 11.5 Å². The molecule has 0 saturated heterocycles. The van der Waals surface area contributed by atoms with Gasteiger partial charge in [-0.3, -0.25) is 9.59 Å². The third-order valence-electron chi connectivity index (χ3n) is 2.46. The van der Waals surface area contributed by atoms with Crippen LogP contribution in [0.2, 0.25) is 5.02 Å². The summed E-state index contributed by atoms with van der Waals surface area (Å²) in [5, 5.41) is 7.18. The molecule has 0 unspecified atom stereocenters. The largest absolute Gasteiger partial charge is 0.321 e. The van der Waals surface area contributed by atoms with Gasteiger partial charge in [-0.25, -0.2) is 4.52 Å². The van der Waals surface area contributed by atoms with Crippen molar-refractivity contribution < 1.29 is 4.79 Å². The van der Waals surface area contributed by atoms with Gasteiger partial charge >= 0.3 is 0 Å². The Kier molecular flexibility index (Phi) is 3.21. The predicted octanol–water partition coefficient (Wildman–Crippen LogP) is 2.06. The average Bonchev–Trinajstić information content (AvgIpc) is 2.84. The van der Waals surface area contributed by atoms with Crippen molar-refractivity contribution in [1.82, 2.24) is 14.6 Å². The maximum atomic E-state index is 12.1. The predicted molar refractivity (Wildman–Crippen MR) is 76.5 cm³/mol. The second-order valence-corrected chi connectivity index (χ2v) is 5.32. The molecule has 8 heteroatoms. The van der Waals surface area contributed by atoms with Gasteiger partial charge in [-0.05, 0) is 24.3 Å². The minimum atomic E-state index is -0.434. The van der Waals surface area contributed by atoms with Crippen molar-refractivity contribution in [2.24, 2.45) is 0 Å². The van der Waals surface area contributed by atoms with Crippen molar-refractivity contribution in [2.75, 3.05) is 5.32 Å². The minimum absolute atomic E-state index is 0.294. The maximum Gasteiger partial charge on any atom is 0.292 e. The highest BCUT2D eigenvalue weighted by Gasteiger charge is 2.11. The first-order valence-corrected chi connectivity index (χ1v) is 6.74. The molecule has 3 rings (SSSR count). The molecule has 1 aromatic carbocycles. The van der Waals surface area contributed by atoms with Crippen LogP contribution in [0.25, 0.3) is 4.96 Å². The highest BCUT2D eigenvalue weighted by Crippen LogP contribution is 2.17. The first kappa shape index (κ1) is 12.8. The number of thiazole rings is 1. The van der Waals surface area contributed by atoms with E-state index in [2.05, 4.69) is 15.4 Å². The van der Waals surface area contributed by atoms with E-state index in [1.807, 2.05) is 0 Å². The Morgan fingerprint density at radius 2 is 2.05 bits per heavy atom. The lowest BCUT2D eigenvalue weighted by Crippen LogP contribution is -2.10. The topological polar surface area (TPSA) is 76.4 Å². The summed E-state index contributed by atoms with van der Waals surface area (Å²) < 4.78 is 1.39. The summed E-state index contributed by atoms with van der Waals surface area (Å²) in [6.07, 6.45) is 2.62. The molecule has 100 valence electrons. The third kappa shape index (κ3) is 2.54. The van der Waals surface area contributed by atoms with Crippen LogP contribution in [0.3, 0.4) is 0 Å². The fraction of sp³-hybridized carbons (Fsp3) is 0. The third-order valence-corrected chi connectivity index (χ3v) is 3.68. The number of anilines is 1.